The molecule has 0 aliphatic rings. The molecule has 148 valence electrons. The first kappa shape index (κ1) is 25.0. The summed E-state index contributed by atoms with van der Waals surface area (Å²) in [6.07, 6.45) is 8.85. The van der Waals surface area contributed by atoms with Crippen molar-refractivity contribution in [2.75, 3.05) is 0 Å². The van der Waals surface area contributed by atoms with E-state index in [1.165, 1.54) is 49.9 Å². The van der Waals surface area contributed by atoms with E-state index in [0.29, 0.717) is 12.2 Å². The normalized spacial score (nSPS) is 11.1. The molecule has 0 saturated heterocycles. The molecule has 0 amide bonds. The molecule has 28 heavy (non-hydrogen) atoms. The van der Waals surface area contributed by atoms with Crippen LogP contribution in [0.1, 0.15) is 57.4 Å². The Labute approximate surface area is 190 Å². The fourth-order valence-electron chi connectivity index (χ4n) is 2.94. The first-order chi connectivity index (χ1) is 12.9. The van der Waals surface area contributed by atoms with Crippen molar-refractivity contribution >= 4 is 10.1 Å². The van der Waals surface area contributed by atoms with Crippen LogP contribution in [-0.4, -0.2) is 13.0 Å². The zero-order chi connectivity index (χ0) is 19.7. The van der Waals surface area contributed by atoms with Gasteiger partial charge in [-0.3, -0.25) is 4.55 Å². The minimum Gasteiger partial charge on any atom is -0.872 e. The van der Waals surface area contributed by atoms with Crippen molar-refractivity contribution in [2.45, 2.75) is 63.2 Å². The Morgan fingerprint density at radius 3 is 2.25 bits per heavy atom. The van der Waals surface area contributed by atoms with Gasteiger partial charge in [-0.05, 0) is 42.7 Å². The molecule has 2 rings (SSSR count). The molecule has 2 aromatic carbocycles. The second-order valence-corrected chi connectivity index (χ2v) is 8.16. The van der Waals surface area contributed by atoms with Crippen LogP contribution in [0.25, 0.3) is 0 Å². The summed E-state index contributed by atoms with van der Waals surface area (Å²) in [7, 11) is -4.34. The molecule has 0 aromatic heterocycles. The standard InChI is InChI=1S/C21H28O5S.Na/c1-2-3-4-5-6-7-8-10-17-13-20(16-21(14-17)27(23,24)25)26-19-12-9-11-18(22)15-19;/h9,11-16,22H,2-8,10H2,1H3,(H,23,24,25);/q;+1/p-1. The van der Waals surface area contributed by atoms with Crippen LogP contribution in [-0.2, 0) is 16.5 Å². The fourth-order valence-corrected chi connectivity index (χ4v) is 3.51. The van der Waals surface area contributed by atoms with E-state index in [4.69, 9.17) is 4.74 Å². The minimum absolute atomic E-state index is 0. The van der Waals surface area contributed by atoms with Gasteiger partial charge in [-0.1, -0.05) is 57.6 Å². The molecule has 0 fully saturated rings. The average molecular weight is 414 g/mol. The predicted octanol–water partition coefficient (Wildman–Crippen LogP) is 2.10. The zero-order valence-electron chi connectivity index (χ0n) is 16.7. The van der Waals surface area contributed by atoms with Gasteiger partial charge in [-0.15, -0.1) is 5.75 Å². The van der Waals surface area contributed by atoms with E-state index < -0.39 is 10.1 Å². The van der Waals surface area contributed by atoms with E-state index in [9.17, 15) is 18.1 Å². The van der Waals surface area contributed by atoms with Crippen LogP contribution in [0.5, 0.6) is 17.2 Å². The summed E-state index contributed by atoms with van der Waals surface area (Å²) in [6.45, 7) is 2.19. The number of ether oxygens (including phenoxy) is 1. The van der Waals surface area contributed by atoms with Crippen molar-refractivity contribution in [1.29, 1.82) is 0 Å². The summed E-state index contributed by atoms with van der Waals surface area (Å²) < 4.78 is 38.2. The van der Waals surface area contributed by atoms with Gasteiger partial charge in [-0.25, -0.2) is 0 Å². The molecule has 0 spiro atoms. The second kappa shape index (κ2) is 12.5. The maximum absolute atomic E-state index is 11.6. The van der Waals surface area contributed by atoms with Gasteiger partial charge in [0.25, 0.3) is 10.1 Å². The van der Waals surface area contributed by atoms with Crippen molar-refractivity contribution in [3.8, 4) is 17.2 Å². The number of hydrogen-bond acceptors (Lipinski definition) is 4. The second-order valence-electron chi connectivity index (χ2n) is 6.74. The van der Waals surface area contributed by atoms with Crippen LogP contribution in [0.2, 0.25) is 0 Å². The van der Waals surface area contributed by atoms with E-state index >= 15 is 0 Å². The van der Waals surface area contributed by atoms with Crippen molar-refractivity contribution in [1.82, 2.24) is 0 Å². The monoisotopic (exact) mass is 414 g/mol. The molecule has 0 atom stereocenters. The molecule has 0 heterocycles. The number of rotatable bonds is 11. The SMILES string of the molecule is CCCCCCCCCc1cc(Oc2cccc([O-])c2)cc(S(=O)(=O)O)c1.[Na+]. The van der Waals surface area contributed by atoms with Crippen molar-refractivity contribution in [3.63, 3.8) is 0 Å². The van der Waals surface area contributed by atoms with Gasteiger partial charge in [0, 0.05) is 6.07 Å². The summed E-state index contributed by atoms with van der Waals surface area (Å²) in [6, 6.07) is 10.4. The van der Waals surface area contributed by atoms with Crippen LogP contribution in [0.3, 0.4) is 0 Å². The van der Waals surface area contributed by atoms with Crippen molar-refractivity contribution in [3.05, 3.63) is 48.0 Å². The molecule has 2 aromatic rings. The fraction of sp³-hybridized carbons (Fsp3) is 0.429. The Bertz CT molecular complexity index is 836. The van der Waals surface area contributed by atoms with Crippen LogP contribution < -0.4 is 39.4 Å². The Morgan fingerprint density at radius 1 is 0.929 bits per heavy atom. The molecule has 0 aliphatic carbocycles. The average Bonchev–Trinajstić information content (AvgIpc) is 2.60. The molecular formula is C21H27NaO5S. The predicted molar refractivity (Wildman–Crippen MR) is 104 cm³/mol. The smallest absolute Gasteiger partial charge is 0.872 e. The van der Waals surface area contributed by atoms with Crippen LogP contribution in [0.4, 0.5) is 0 Å². The van der Waals surface area contributed by atoms with E-state index in [2.05, 4.69) is 6.92 Å². The molecule has 0 radical (unpaired) electrons. The Balaban J connectivity index is 0.00000392. The maximum atomic E-state index is 11.6. The summed E-state index contributed by atoms with van der Waals surface area (Å²) in [5, 5.41) is 11.4. The van der Waals surface area contributed by atoms with Gasteiger partial charge in [0.1, 0.15) is 11.5 Å². The van der Waals surface area contributed by atoms with E-state index in [1.807, 2.05) is 0 Å². The van der Waals surface area contributed by atoms with E-state index in [-0.39, 0.29) is 46.0 Å². The third-order valence-electron chi connectivity index (χ3n) is 4.35. The quantitative estimate of drug-likeness (QED) is 0.346. The zero-order valence-corrected chi connectivity index (χ0v) is 19.5. The summed E-state index contributed by atoms with van der Waals surface area (Å²) in [5.74, 6) is 0.423. The maximum Gasteiger partial charge on any atom is 1.00 e. The first-order valence-corrected chi connectivity index (χ1v) is 10.9. The summed E-state index contributed by atoms with van der Waals surface area (Å²) >= 11 is 0. The molecule has 0 saturated carbocycles. The number of unbranched alkanes of at least 4 members (excludes halogenated alkanes) is 6. The molecular weight excluding hydrogens is 387 g/mol. The Hall–Kier alpha value is -1.05. The number of hydrogen-bond donors (Lipinski definition) is 1. The number of benzene rings is 2. The summed E-state index contributed by atoms with van der Waals surface area (Å²) in [5.41, 5.74) is 0.784. The largest absolute Gasteiger partial charge is 1.00 e. The van der Waals surface area contributed by atoms with Crippen LogP contribution in [0, 0.1) is 0 Å². The van der Waals surface area contributed by atoms with Gasteiger partial charge in [-0.2, -0.15) is 8.42 Å². The Kier molecular flexibility index (Phi) is 11.2. The summed E-state index contributed by atoms with van der Waals surface area (Å²) in [4.78, 5) is -0.198. The molecule has 0 bridgehead atoms. The van der Waals surface area contributed by atoms with Crippen molar-refractivity contribution in [2.24, 2.45) is 0 Å². The van der Waals surface area contributed by atoms with Crippen LogP contribution >= 0.6 is 0 Å². The van der Waals surface area contributed by atoms with E-state index in [0.717, 1.165) is 24.8 Å². The Morgan fingerprint density at radius 2 is 1.61 bits per heavy atom. The van der Waals surface area contributed by atoms with Gasteiger partial charge in [0.15, 0.2) is 0 Å². The van der Waals surface area contributed by atoms with Crippen molar-refractivity contribution < 1.29 is 52.4 Å². The van der Waals surface area contributed by atoms with Gasteiger partial charge in [0.05, 0.1) is 4.90 Å². The third-order valence-corrected chi connectivity index (χ3v) is 5.18. The molecule has 7 heteroatoms. The van der Waals surface area contributed by atoms with Gasteiger partial charge < -0.3 is 9.84 Å². The third kappa shape index (κ3) is 8.97. The topological polar surface area (TPSA) is 86.7 Å². The van der Waals surface area contributed by atoms with Crippen LogP contribution in [0.15, 0.2) is 47.4 Å². The molecule has 0 aliphatic heterocycles. The van der Waals surface area contributed by atoms with Gasteiger partial charge >= 0.3 is 29.6 Å². The first-order valence-electron chi connectivity index (χ1n) is 9.45. The molecule has 5 nitrogen and oxygen atoms in total. The van der Waals surface area contributed by atoms with E-state index in [1.54, 1.807) is 18.2 Å². The number of aryl methyl sites for hydroxylation is 1. The van der Waals surface area contributed by atoms with Gasteiger partial charge in [0.2, 0.25) is 0 Å². The molecule has 1 N–H and O–H groups in total. The minimum atomic E-state index is -4.34. The molecule has 0 unspecified atom stereocenters.